The largest absolute Gasteiger partial charge is 0.496 e. The van der Waals surface area contributed by atoms with Crippen molar-refractivity contribution in [3.8, 4) is 5.75 Å². The second-order valence-corrected chi connectivity index (χ2v) is 6.54. The van der Waals surface area contributed by atoms with E-state index in [-0.39, 0.29) is 0 Å². The Bertz CT molecular complexity index is 575. The van der Waals surface area contributed by atoms with Crippen LogP contribution in [0.5, 0.6) is 5.75 Å². The summed E-state index contributed by atoms with van der Waals surface area (Å²) in [6.07, 6.45) is 0.469. The van der Waals surface area contributed by atoms with Crippen LogP contribution in [0.2, 0.25) is 5.02 Å². The van der Waals surface area contributed by atoms with Gasteiger partial charge in [-0.25, -0.2) is 0 Å². The predicted octanol–water partition coefficient (Wildman–Crippen LogP) is 4.17. The summed E-state index contributed by atoms with van der Waals surface area (Å²) in [4.78, 5) is 2.14. The first kappa shape index (κ1) is 14.4. The summed E-state index contributed by atoms with van der Waals surface area (Å²) in [5.41, 5.74) is -0.0114. The van der Waals surface area contributed by atoms with Crippen LogP contribution in [0.3, 0.4) is 0 Å². The molecule has 4 heteroatoms. The molecule has 1 unspecified atom stereocenters. The number of rotatable bonds is 4. The van der Waals surface area contributed by atoms with Gasteiger partial charge in [0.1, 0.15) is 11.4 Å². The van der Waals surface area contributed by atoms with Crippen LogP contribution in [0.15, 0.2) is 30.3 Å². The normalized spacial score (nSPS) is 14.2. The minimum atomic E-state index is -0.920. The molecule has 0 saturated carbocycles. The second-order valence-electron chi connectivity index (χ2n) is 4.82. The van der Waals surface area contributed by atoms with Gasteiger partial charge in [-0.05, 0) is 49.7 Å². The molecule has 19 heavy (non-hydrogen) atoms. The van der Waals surface area contributed by atoms with Crippen molar-refractivity contribution in [3.05, 3.63) is 50.7 Å². The van der Waals surface area contributed by atoms with Gasteiger partial charge in [-0.1, -0.05) is 11.6 Å². The fourth-order valence-corrected chi connectivity index (χ4v) is 3.17. The van der Waals surface area contributed by atoms with E-state index in [4.69, 9.17) is 16.3 Å². The molecule has 0 saturated heterocycles. The van der Waals surface area contributed by atoms with Gasteiger partial charge in [-0.15, -0.1) is 11.3 Å². The van der Waals surface area contributed by atoms with Gasteiger partial charge in [0.05, 0.1) is 7.11 Å². The molecule has 0 fully saturated rings. The number of hydrogen-bond acceptors (Lipinski definition) is 3. The molecular formula is C15H17ClO2S. The molecule has 1 heterocycles. The van der Waals surface area contributed by atoms with Crippen LogP contribution in [0.1, 0.15) is 22.2 Å². The molecule has 0 amide bonds. The van der Waals surface area contributed by atoms with Gasteiger partial charge in [-0.2, -0.15) is 0 Å². The van der Waals surface area contributed by atoms with E-state index in [1.54, 1.807) is 24.5 Å². The molecule has 1 aromatic carbocycles. The van der Waals surface area contributed by atoms with Crippen LogP contribution < -0.4 is 4.74 Å². The van der Waals surface area contributed by atoms with E-state index in [0.29, 0.717) is 11.4 Å². The molecule has 0 aliphatic carbocycles. The Morgan fingerprint density at radius 2 is 2.05 bits per heavy atom. The van der Waals surface area contributed by atoms with Crippen LogP contribution in [0, 0.1) is 6.92 Å². The number of aryl methyl sites for hydroxylation is 1. The lowest BCUT2D eigenvalue weighted by Gasteiger charge is -2.23. The third kappa shape index (κ3) is 3.30. The van der Waals surface area contributed by atoms with Crippen LogP contribution in [-0.4, -0.2) is 12.2 Å². The van der Waals surface area contributed by atoms with Gasteiger partial charge >= 0.3 is 0 Å². The summed E-state index contributed by atoms with van der Waals surface area (Å²) in [6.45, 7) is 3.85. The minimum absolute atomic E-state index is 0.469. The molecule has 1 atom stereocenters. The fraction of sp³-hybridized carbons (Fsp3) is 0.333. The molecule has 1 aromatic heterocycles. The van der Waals surface area contributed by atoms with Gasteiger partial charge in [0.15, 0.2) is 0 Å². The second kappa shape index (κ2) is 5.53. The van der Waals surface area contributed by atoms with Gasteiger partial charge in [0.25, 0.3) is 0 Å². The van der Waals surface area contributed by atoms with Crippen molar-refractivity contribution in [2.24, 2.45) is 0 Å². The van der Waals surface area contributed by atoms with Crippen molar-refractivity contribution in [1.29, 1.82) is 0 Å². The van der Waals surface area contributed by atoms with Gasteiger partial charge < -0.3 is 9.84 Å². The average Bonchev–Trinajstić information content (AvgIpc) is 2.76. The van der Waals surface area contributed by atoms with E-state index in [1.165, 1.54) is 4.88 Å². The van der Waals surface area contributed by atoms with E-state index < -0.39 is 5.60 Å². The molecular weight excluding hydrogens is 280 g/mol. The van der Waals surface area contributed by atoms with E-state index in [9.17, 15) is 5.11 Å². The quantitative estimate of drug-likeness (QED) is 0.917. The van der Waals surface area contributed by atoms with Gasteiger partial charge in [-0.3, -0.25) is 0 Å². The number of hydrogen-bond donors (Lipinski definition) is 1. The highest BCUT2D eigenvalue weighted by Gasteiger charge is 2.26. The van der Waals surface area contributed by atoms with Crippen molar-refractivity contribution in [2.45, 2.75) is 25.9 Å². The van der Waals surface area contributed by atoms with Crippen LogP contribution in [0.4, 0.5) is 0 Å². The Kier molecular flexibility index (Phi) is 4.19. The molecule has 0 spiro atoms. The van der Waals surface area contributed by atoms with Crippen LogP contribution in [-0.2, 0) is 12.0 Å². The zero-order valence-electron chi connectivity index (χ0n) is 11.2. The Morgan fingerprint density at radius 3 is 2.63 bits per heavy atom. The third-order valence-electron chi connectivity index (χ3n) is 3.05. The van der Waals surface area contributed by atoms with Crippen LogP contribution >= 0.6 is 22.9 Å². The lowest BCUT2D eigenvalue weighted by atomic mass is 9.94. The molecule has 102 valence electrons. The first-order valence-corrected chi connectivity index (χ1v) is 7.23. The number of methoxy groups -OCH3 is 1. The number of thiophene rings is 1. The fourth-order valence-electron chi connectivity index (χ4n) is 2.07. The number of halogens is 1. The number of benzene rings is 1. The van der Waals surface area contributed by atoms with E-state index >= 15 is 0 Å². The van der Waals surface area contributed by atoms with Crippen molar-refractivity contribution in [1.82, 2.24) is 0 Å². The maximum atomic E-state index is 10.7. The van der Waals surface area contributed by atoms with Crippen molar-refractivity contribution >= 4 is 22.9 Å². The molecule has 0 bridgehead atoms. The molecule has 0 radical (unpaired) electrons. The van der Waals surface area contributed by atoms with E-state index in [1.807, 2.05) is 38.1 Å². The number of aliphatic hydroxyl groups is 1. The van der Waals surface area contributed by atoms with Crippen molar-refractivity contribution in [2.75, 3.05) is 7.11 Å². The van der Waals surface area contributed by atoms with Crippen molar-refractivity contribution in [3.63, 3.8) is 0 Å². The lowest BCUT2D eigenvalue weighted by Crippen LogP contribution is -2.23. The Hall–Kier alpha value is -1.03. The molecule has 2 aromatic rings. The zero-order chi connectivity index (χ0) is 14.0. The Labute approximate surface area is 122 Å². The first-order valence-electron chi connectivity index (χ1n) is 6.04. The highest BCUT2D eigenvalue weighted by atomic mass is 35.5. The van der Waals surface area contributed by atoms with Crippen LogP contribution in [0.25, 0.3) is 0 Å². The van der Waals surface area contributed by atoms with Gasteiger partial charge in [0, 0.05) is 21.2 Å². The molecule has 2 nitrogen and oxygen atoms in total. The highest BCUT2D eigenvalue weighted by molar-refractivity contribution is 7.12. The minimum Gasteiger partial charge on any atom is -0.496 e. The maximum absolute atomic E-state index is 10.7. The monoisotopic (exact) mass is 296 g/mol. The van der Waals surface area contributed by atoms with Gasteiger partial charge in [0.2, 0.25) is 0 Å². The molecule has 0 aliphatic rings. The van der Waals surface area contributed by atoms with Crippen molar-refractivity contribution < 1.29 is 9.84 Å². The summed E-state index contributed by atoms with van der Waals surface area (Å²) in [7, 11) is 1.62. The predicted molar refractivity (Wildman–Crippen MR) is 80.3 cm³/mol. The Morgan fingerprint density at radius 1 is 1.32 bits per heavy atom. The van der Waals surface area contributed by atoms with E-state index in [0.717, 1.165) is 16.2 Å². The molecule has 1 N–H and O–H groups in total. The highest BCUT2D eigenvalue weighted by Crippen LogP contribution is 2.34. The molecule has 0 aliphatic heterocycles. The Balaban J connectivity index is 2.31. The molecule has 2 rings (SSSR count). The summed E-state index contributed by atoms with van der Waals surface area (Å²) in [6, 6.07) is 9.44. The summed E-state index contributed by atoms with van der Waals surface area (Å²) < 4.78 is 5.32. The standard InChI is InChI=1S/C15H17ClO2S/c1-10-4-7-14(19-10)15(2,17)9-11-8-12(16)5-6-13(11)18-3/h4-8,17H,9H2,1-3H3. The van der Waals surface area contributed by atoms with E-state index in [2.05, 4.69) is 0 Å². The average molecular weight is 297 g/mol. The lowest BCUT2D eigenvalue weighted by molar-refractivity contribution is 0.0608. The summed E-state index contributed by atoms with van der Waals surface area (Å²) in [5.74, 6) is 0.748. The number of ether oxygens (including phenoxy) is 1. The summed E-state index contributed by atoms with van der Waals surface area (Å²) >= 11 is 7.63. The first-order chi connectivity index (χ1) is 8.92. The smallest absolute Gasteiger partial charge is 0.122 e. The topological polar surface area (TPSA) is 29.5 Å². The zero-order valence-corrected chi connectivity index (χ0v) is 12.8. The maximum Gasteiger partial charge on any atom is 0.122 e. The summed E-state index contributed by atoms with van der Waals surface area (Å²) in [5, 5.41) is 11.3. The SMILES string of the molecule is COc1ccc(Cl)cc1CC(C)(O)c1ccc(C)s1. The third-order valence-corrected chi connectivity index (χ3v) is 4.54.